The van der Waals surface area contributed by atoms with E-state index in [1.807, 2.05) is 6.92 Å². The summed E-state index contributed by atoms with van der Waals surface area (Å²) < 4.78 is 51.1. The number of rotatable bonds is 7. The van der Waals surface area contributed by atoms with Crippen molar-refractivity contribution in [2.45, 2.75) is 64.6 Å². The van der Waals surface area contributed by atoms with Crippen LogP contribution in [0.4, 0.5) is 17.6 Å². The Labute approximate surface area is 116 Å². The number of hydrogen-bond donors (Lipinski definition) is 1. The van der Waals surface area contributed by atoms with Gasteiger partial charge >= 0.3 is 12.3 Å². The zero-order valence-electron chi connectivity index (χ0n) is 12.0. The average molecular weight is 298 g/mol. The summed E-state index contributed by atoms with van der Waals surface area (Å²) in [7, 11) is 0. The van der Waals surface area contributed by atoms with Gasteiger partial charge in [0.15, 0.2) is 0 Å². The van der Waals surface area contributed by atoms with Crippen LogP contribution in [0.25, 0.3) is 0 Å². The van der Waals surface area contributed by atoms with Crippen molar-refractivity contribution in [2.24, 2.45) is 5.92 Å². The Balaban J connectivity index is 2.82. The van der Waals surface area contributed by atoms with Crippen molar-refractivity contribution in [3.8, 4) is 0 Å². The number of hydrogen-bond acceptors (Lipinski definition) is 2. The molecule has 0 saturated carbocycles. The van der Waals surface area contributed by atoms with Crippen LogP contribution in [-0.4, -0.2) is 41.9 Å². The number of nitrogens with zero attached hydrogens (tertiary/aromatic N) is 1. The second-order valence-electron chi connectivity index (χ2n) is 5.58. The van der Waals surface area contributed by atoms with Crippen molar-refractivity contribution >= 4 is 5.91 Å². The first-order valence-corrected chi connectivity index (χ1v) is 6.93. The van der Waals surface area contributed by atoms with Crippen molar-refractivity contribution < 1.29 is 22.4 Å². The van der Waals surface area contributed by atoms with Gasteiger partial charge in [-0.1, -0.05) is 33.6 Å². The molecular weight excluding hydrogens is 276 g/mol. The van der Waals surface area contributed by atoms with Gasteiger partial charge in [0.1, 0.15) is 0 Å². The van der Waals surface area contributed by atoms with Crippen molar-refractivity contribution in [1.82, 2.24) is 10.2 Å². The van der Waals surface area contributed by atoms with Gasteiger partial charge in [0.2, 0.25) is 5.91 Å². The molecular formula is C13H22F4N2O. The maximum Gasteiger partial charge on any atom is 0.324 e. The number of nitrogens with one attached hydrogen (secondary N) is 1. The van der Waals surface area contributed by atoms with Crippen LogP contribution in [0.5, 0.6) is 0 Å². The summed E-state index contributed by atoms with van der Waals surface area (Å²) in [6, 6.07) is -0.546. The van der Waals surface area contributed by atoms with Crippen molar-refractivity contribution in [3.05, 3.63) is 0 Å². The molecule has 1 amide bonds. The molecule has 118 valence electrons. The summed E-state index contributed by atoms with van der Waals surface area (Å²) in [5.41, 5.74) is 0. The quantitative estimate of drug-likeness (QED) is 0.733. The van der Waals surface area contributed by atoms with Gasteiger partial charge in [-0.15, -0.1) is 0 Å². The molecule has 1 N–H and O–H groups in total. The first-order valence-electron chi connectivity index (χ1n) is 6.93. The van der Waals surface area contributed by atoms with Gasteiger partial charge in [0.05, 0.1) is 18.8 Å². The van der Waals surface area contributed by atoms with Crippen LogP contribution in [0.3, 0.4) is 0 Å². The minimum atomic E-state index is -4.18. The van der Waals surface area contributed by atoms with E-state index >= 15 is 0 Å². The van der Waals surface area contributed by atoms with Gasteiger partial charge in [-0.3, -0.25) is 10.1 Å². The van der Waals surface area contributed by atoms with Gasteiger partial charge in [-0.2, -0.15) is 8.78 Å². The summed E-state index contributed by atoms with van der Waals surface area (Å²) in [6.07, 6.45) is -2.18. The molecule has 7 heteroatoms. The highest BCUT2D eigenvalue weighted by Crippen LogP contribution is 2.29. The van der Waals surface area contributed by atoms with Gasteiger partial charge in [0, 0.05) is 0 Å². The zero-order valence-corrected chi connectivity index (χ0v) is 12.0. The van der Waals surface area contributed by atoms with E-state index < -0.39 is 37.0 Å². The van der Waals surface area contributed by atoms with Crippen LogP contribution in [0.1, 0.15) is 40.0 Å². The fraction of sp³-hybridized carbons (Fsp3) is 0.923. The van der Waals surface area contributed by atoms with E-state index in [4.69, 9.17) is 0 Å². The number of amides is 1. The lowest BCUT2D eigenvalue weighted by molar-refractivity contribution is -0.158. The first kappa shape index (κ1) is 17.2. The average Bonchev–Trinajstić information content (AvgIpc) is 2.64. The summed E-state index contributed by atoms with van der Waals surface area (Å²) in [6.45, 7) is 4.26. The molecule has 1 aliphatic heterocycles. The van der Waals surface area contributed by atoms with Crippen molar-refractivity contribution in [2.75, 3.05) is 6.54 Å². The normalized spacial score (nSPS) is 24.2. The molecule has 0 aliphatic carbocycles. The number of carbonyl (C=O) groups excluding carboxylic acids is 1. The SMILES string of the molecule is CCCCC1NC(C(C)C)N(CC(F)(F)C(F)F)C1=O. The van der Waals surface area contributed by atoms with Gasteiger partial charge < -0.3 is 4.90 Å². The molecule has 0 bridgehead atoms. The molecule has 3 nitrogen and oxygen atoms in total. The van der Waals surface area contributed by atoms with Gasteiger partial charge in [-0.25, -0.2) is 8.78 Å². The van der Waals surface area contributed by atoms with Gasteiger partial charge in [-0.05, 0) is 12.3 Å². The molecule has 0 aromatic rings. The Morgan fingerprint density at radius 1 is 1.35 bits per heavy atom. The van der Waals surface area contributed by atoms with Crippen molar-refractivity contribution in [3.63, 3.8) is 0 Å². The van der Waals surface area contributed by atoms with E-state index in [0.717, 1.165) is 17.7 Å². The molecule has 1 rings (SSSR count). The predicted octanol–water partition coefficient (Wildman–Crippen LogP) is 2.86. The van der Waals surface area contributed by atoms with Crippen LogP contribution in [-0.2, 0) is 4.79 Å². The second kappa shape index (κ2) is 6.74. The largest absolute Gasteiger partial charge is 0.324 e. The fourth-order valence-corrected chi connectivity index (χ4v) is 2.34. The number of unbranched alkanes of at least 4 members (excludes halogenated alkanes) is 1. The van der Waals surface area contributed by atoms with E-state index in [9.17, 15) is 22.4 Å². The summed E-state index contributed by atoms with van der Waals surface area (Å²) in [5, 5.41) is 2.98. The Morgan fingerprint density at radius 3 is 2.40 bits per heavy atom. The molecule has 1 saturated heterocycles. The molecule has 2 unspecified atom stereocenters. The maximum atomic E-state index is 13.2. The number of carbonyl (C=O) groups is 1. The minimum Gasteiger partial charge on any atom is -0.319 e. The Kier molecular flexibility index (Phi) is 5.79. The van der Waals surface area contributed by atoms with Crippen LogP contribution < -0.4 is 5.32 Å². The minimum absolute atomic E-state index is 0.126. The highest BCUT2D eigenvalue weighted by molar-refractivity contribution is 5.84. The Bertz CT molecular complexity index is 336. The smallest absolute Gasteiger partial charge is 0.319 e. The van der Waals surface area contributed by atoms with Crippen LogP contribution in [0, 0.1) is 5.92 Å². The monoisotopic (exact) mass is 298 g/mol. The topological polar surface area (TPSA) is 32.3 Å². The lowest BCUT2D eigenvalue weighted by atomic mass is 10.1. The van der Waals surface area contributed by atoms with E-state index in [0.29, 0.717) is 6.42 Å². The van der Waals surface area contributed by atoms with Crippen LogP contribution in [0.15, 0.2) is 0 Å². The van der Waals surface area contributed by atoms with E-state index in [1.165, 1.54) is 0 Å². The summed E-state index contributed by atoms with van der Waals surface area (Å²) in [5.74, 6) is -4.80. The molecule has 20 heavy (non-hydrogen) atoms. The first-order chi connectivity index (χ1) is 9.20. The molecule has 1 heterocycles. The summed E-state index contributed by atoms with van der Waals surface area (Å²) in [4.78, 5) is 13.0. The molecule has 0 aromatic carbocycles. The second-order valence-corrected chi connectivity index (χ2v) is 5.58. The Hall–Kier alpha value is -0.850. The molecule has 0 radical (unpaired) electrons. The lowest BCUT2D eigenvalue weighted by Crippen LogP contribution is -2.49. The van der Waals surface area contributed by atoms with E-state index in [1.54, 1.807) is 13.8 Å². The van der Waals surface area contributed by atoms with Crippen molar-refractivity contribution in [1.29, 1.82) is 0 Å². The van der Waals surface area contributed by atoms with E-state index in [-0.39, 0.29) is 5.92 Å². The fourth-order valence-electron chi connectivity index (χ4n) is 2.34. The zero-order chi connectivity index (χ0) is 15.5. The Morgan fingerprint density at radius 2 is 1.95 bits per heavy atom. The standard InChI is InChI=1S/C13H22F4N2O/c1-4-5-6-9-11(20)19(10(18-9)8(2)3)7-13(16,17)12(14)15/h8-10,12,18H,4-7H2,1-3H3. The molecule has 1 fully saturated rings. The lowest BCUT2D eigenvalue weighted by Gasteiger charge is -2.30. The third-order valence-electron chi connectivity index (χ3n) is 3.47. The predicted molar refractivity (Wildman–Crippen MR) is 67.7 cm³/mol. The molecule has 1 aliphatic rings. The van der Waals surface area contributed by atoms with Crippen LogP contribution >= 0.6 is 0 Å². The molecule has 2 atom stereocenters. The van der Waals surface area contributed by atoms with Crippen LogP contribution in [0.2, 0.25) is 0 Å². The number of halogens is 4. The third-order valence-corrected chi connectivity index (χ3v) is 3.47. The maximum absolute atomic E-state index is 13.2. The van der Waals surface area contributed by atoms with E-state index in [2.05, 4.69) is 5.32 Å². The highest BCUT2D eigenvalue weighted by Gasteiger charge is 2.49. The number of alkyl halides is 4. The molecule has 0 aromatic heterocycles. The highest BCUT2D eigenvalue weighted by atomic mass is 19.3. The molecule has 0 spiro atoms. The van der Waals surface area contributed by atoms with Gasteiger partial charge in [0.25, 0.3) is 0 Å². The summed E-state index contributed by atoms with van der Waals surface area (Å²) >= 11 is 0. The third kappa shape index (κ3) is 3.84.